The van der Waals surface area contributed by atoms with Crippen molar-refractivity contribution in [2.75, 3.05) is 5.32 Å². The van der Waals surface area contributed by atoms with E-state index >= 15 is 0 Å². The fraction of sp³-hybridized carbons (Fsp3) is 0.125. The van der Waals surface area contributed by atoms with Gasteiger partial charge in [-0.1, -0.05) is 29.5 Å². The van der Waals surface area contributed by atoms with Crippen LogP contribution >= 0.6 is 11.3 Å². The summed E-state index contributed by atoms with van der Waals surface area (Å²) in [6.45, 7) is 1.96. The Hall–Kier alpha value is -3.00. The highest BCUT2D eigenvalue weighted by molar-refractivity contribution is 7.15. The van der Waals surface area contributed by atoms with E-state index in [1.165, 1.54) is 15.7 Å². The molecule has 3 aromatic heterocycles. The number of benzene rings is 1. The number of aromatic nitrogens is 3. The van der Waals surface area contributed by atoms with Crippen LogP contribution in [0.4, 0.5) is 11.6 Å². The molecule has 0 amide bonds. The van der Waals surface area contributed by atoms with Crippen LogP contribution in [0.3, 0.4) is 0 Å². The lowest BCUT2D eigenvalue weighted by Crippen LogP contribution is -2.09. The van der Waals surface area contributed by atoms with Gasteiger partial charge in [0.25, 0.3) is 4.96 Å². The van der Waals surface area contributed by atoms with E-state index in [0.29, 0.717) is 4.96 Å². The number of fused-ring (bicyclic) bond motifs is 2. The molecular weight excluding hydrogens is 326 g/mol. The van der Waals surface area contributed by atoms with Gasteiger partial charge in [0.2, 0.25) is 5.82 Å². The van der Waals surface area contributed by atoms with Gasteiger partial charge in [0.15, 0.2) is 0 Å². The molecule has 0 unspecified atom stereocenters. The molecule has 1 atom stereocenters. The number of pyridine rings is 1. The van der Waals surface area contributed by atoms with Crippen LogP contribution in [0.15, 0.2) is 48.2 Å². The van der Waals surface area contributed by atoms with Crippen LogP contribution in [0.25, 0.3) is 15.7 Å². The minimum Gasteiger partial charge on any atom is -0.358 e. The number of hydrogen-bond donors (Lipinski definition) is 1. The zero-order valence-corrected chi connectivity index (χ0v) is 13.5. The van der Waals surface area contributed by atoms with Crippen LogP contribution in [0.5, 0.6) is 0 Å². The van der Waals surface area contributed by atoms with Gasteiger partial charge in [-0.2, -0.15) is 9.38 Å². The lowest BCUT2D eigenvalue weighted by molar-refractivity contribution is -0.389. The summed E-state index contributed by atoms with van der Waals surface area (Å²) in [4.78, 5) is 20.1. The lowest BCUT2D eigenvalue weighted by Gasteiger charge is -2.15. The molecule has 0 fully saturated rings. The summed E-state index contributed by atoms with van der Waals surface area (Å²) in [5, 5.41) is 18.5. The summed E-state index contributed by atoms with van der Waals surface area (Å²) in [5.74, 6) is 0.241. The number of thiazole rings is 1. The van der Waals surface area contributed by atoms with Gasteiger partial charge in [-0.15, -0.1) is 0 Å². The molecule has 1 aromatic carbocycles. The van der Waals surface area contributed by atoms with E-state index in [1.54, 1.807) is 24.0 Å². The number of imidazole rings is 1. The minimum absolute atomic E-state index is 0.0417. The molecule has 3 heterocycles. The first-order chi connectivity index (χ1) is 11.6. The van der Waals surface area contributed by atoms with Gasteiger partial charge in [-0.25, -0.2) is 0 Å². The van der Waals surface area contributed by atoms with E-state index in [9.17, 15) is 10.1 Å². The molecule has 0 aliphatic rings. The topological polar surface area (TPSA) is 85.4 Å². The first-order valence-corrected chi connectivity index (χ1v) is 8.22. The fourth-order valence-electron chi connectivity index (χ4n) is 2.85. The third-order valence-electron chi connectivity index (χ3n) is 3.94. The number of anilines is 1. The molecule has 0 spiro atoms. The second-order valence-electron chi connectivity index (χ2n) is 5.41. The molecule has 0 aliphatic carbocycles. The number of hydrogen-bond acceptors (Lipinski definition) is 6. The predicted octanol–water partition coefficient (Wildman–Crippen LogP) is 4.03. The maximum absolute atomic E-state index is 11.4. The van der Waals surface area contributed by atoms with Crippen molar-refractivity contribution in [1.82, 2.24) is 14.4 Å². The smallest absolute Gasteiger partial charge is 0.358 e. The molecule has 7 nitrogen and oxygen atoms in total. The van der Waals surface area contributed by atoms with E-state index in [1.807, 2.05) is 31.2 Å². The molecular formula is C16H13N5O2S. The zero-order valence-electron chi connectivity index (χ0n) is 12.7. The normalized spacial score (nSPS) is 12.5. The molecule has 0 saturated carbocycles. The molecule has 0 bridgehead atoms. The molecule has 4 rings (SSSR count). The molecule has 4 aromatic rings. The Kier molecular flexibility index (Phi) is 3.39. The molecule has 24 heavy (non-hydrogen) atoms. The number of nitrogens with zero attached hydrogens (tertiary/aromatic N) is 4. The van der Waals surface area contributed by atoms with Crippen molar-refractivity contribution in [3.63, 3.8) is 0 Å². The average Bonchev–Trinajstić information content (AvgIpc) is 3.14. The Bertz CT molecular complexity index is 1050. The molecule has 0 saturated heterocycles. The fourth-order valence-corrected chi connectivity index (χ4v) is 3.56. The summed E-state index contributed by atoms with van der Waals surface area (Å²) in [6.07, 6.45) is 5.21. The van der Waals surface area contributed by atoms with Crippen LogP contribution < -0.4 is 5.32 Å². The molecule has 0 radical (unpaired) electrons. The van der Waals surface area contributed by atoms with Gasteiger partial charge in [-0.05, 0) is 28.9 Å². The van der Waals surface area contributed by atoms with Gasteiger partial charge in [0.05, 0.1) is 6.04 Å². The van der Waals surface area contributed by atoms with E-state index in [4.69, 9.17) is 0 Å². The number of rotatable bonds is 4. The summed E-state index contributed by atoms with van der Waals surface area (Å²) in [5.41, 5.74) is 1.04. The average molecular weight is 339 g/mol. The highest BCUT2D eigenvalue weighted by atomic mass is 32.1. The summed E-state index contributed by atoms with van der Waals surface area (Å²) in [7, 11) is 0. The SMILES string of the molecule is C[C@H](Nc1nc2sccn2c1[N+](=O)[O-])c1cccc2cnccc12. The molecule has 8 heteroatoms. The number of nitro groups is 1. The Morgan fingerprint density at radius 3 is 3.08 bits per heavy atom. The van der Waals surface area contributed by atoms with Crippen molar-refractivity contribution in [3.05, 3.63) is 63.9 Å². The van der Waals surface area contributed by atoms with Gasteiger partial charge in [0.1, 0.15) is 6.20 Å². The monoisotopic (exact) mass is 339 g/mol. The van der Waals surface area contributed by atoms with Crippen molar-refractivity contribution in [3.8, 4) is 0 Å². The zero-order chi connectivity index (χ0) is 16.7. The largest absolute Gasteiger partial charge is 0.372 e. The number of nitrogens with one attached hydrogen (secondary N) is 1. The van der Waals surface area contributed by atoms with Crippen LogP contribution in [0.1, 0.15) is 18.5 Å². The third-order valence-corrected chi connectivity index (χ3v) is 4.70. The van der Waals surface area contributed by atoms with E-state index in [2.05, 4.69) is 15.3 Å². The predicted molar refractivity (Wildman–Crippen MR) is 93.5 cm³/mol. The Morgan fingerprint density at radius 1 is 1.38 bits per heavy atom. The molecule has 0 aliphatic heterocycles. The highest BCUT2D eigenvalue weighted by Crippen LogP contribution is 2.32. The van der Waals surface area contributed by atoms with Crippen molar-refractivity contribution < 1.29 is 4.92 Å². The standard InChI is InChI=1S/C16H13N5O2S/c1-10(12-4-2-3-11-9-17-6-5-13(11)12)18-14-15(21(22)23)20-7-8-24-16(20)19-14/h2-10,18H,1H3/t10-/m0/s1. The van der Waals surface area contributed by atoms with Gasteiger partial charge in [-0.3, -0.25) is 4.98 Å². The summed E-state index contributed by atoms with van der Waals surface area (Å²) >= 11 is 1.36. The quantitative estimate of drug-likeness (QED) is 0.448. The second-order valence-corrected chi connectivity index (χ2v) is 6.28. The minimum atomic E-state index is -0.408. The van der Waals surface area contributed by atoms with Crippen molar-refractivity contribution >= 4 is 38.7 Å². The summed E-state index contributed by atoms with van der Waals surface area (Å²) in [6, 6.07) is 7.76. The van der Waals surface area contributed by atoms with E-state index in [0.717, 1.165) is 16.3 Å². The Labute approximate surface area is 140 Å². The van der Waals surface area contributed by atoms with Crippen LogP contribution in [0.2, 0.25) is 0 Å². The van der Waals surface area contributed by atoms with Gasteiger partial charge in [0, 0.05) is 23.2 Å². The third kappa shape index (κ3) is 2.28. The van der Waals surface area contributed by atoms with E-state index in [-0.39, 0.29) is 17.7 Å². The van der Waals surface area contributed by atoms with E-state index < -0.39 is 4.92 Å². The Morgan fingerprint density at radius 2 is 2.25 bits per heavy atom. The van der Waals surface area contributed by atoms with Crippen LogP contribution in [-0.2, 0) is 0 Å². The van der Waals surface area contributed by atoms with Gasteiger partial charge < -0.3 is 15.4 Å². The summed E-state index contributed by atoms with van der Waals surface area (Å²) < 4.78 is 1.49. The van der Waals surface area contributed by atoms with Crippen molar-refractivity contribution in [2.24, 2.45) is 0 Å². The second kappa shape index (κ2) is 5.57. The molecule has 120 valence electrons. The van der Waals surface area contributed by atoms with Crippen LogP contribution in [-0.4, -0.2) is 19.3 Å². The lowest BCUT2D eigenvalue weighted by atomic mass is 10.0. The highest BCUT2D eigenvalue weighted by Gasteiger charge is 2.25. The van der Waals surface area contributed by atoms with Crippen molar-refractivity contribution in [1.29, 1.82) is 0 Å². The maximum atomic E-state index is 11.4. The van der Waals surface area contributed by atoms with Crippen molar-refractivity contribution in [2.45, 2.75) is 13.0 Å². The van der Waals surface area contributed by atoms with Gasteiger partial charge >= 0.3 is 5.82 Å². The maximum Gasteiger partial charge on any atom is 0.372 e. The molecule has 1 N–H and O–H groups in total. The Balaban J connectivity index is 1.76. The van der Waals surface area contributed by atoms with Crippen LogP contribution in [0, 0.1) is 10.1 Å². The first kappa shape index (κ1) is 14.6. The first-order valence-electron chi connectivity index (χ1n) is 7.34.